The number of pyridine rings is 1. The number of aliphatic imine (C=N–C) groups is 1. The zero-order valence-electron chi connectivity index (χ0n) is 15.8. The summed E-state index contributed by atoms with van der Waals surface area (Å²) in [6.07, 6.45) is 7.63. The van der Waals surface area contributed by atoms with Crippen molar-refractivity contribution in [3.8, 4) is 11.1 Å². The first-order chi connectivity index (χ1) is 14.1. The molecule has 0 bridgehead atoms. The number of nitrogens with one attached hydrogen (secondary N) is 2. The molecule has 0 atom stereocenters. The van der Waals surface area contributed by atoms with E-state index in [2.05, 4.69) is 25.8 Å². The molecule has 0 aliphatic carbocycles. The second-order valence-electron chi connectivity index (χ2n) is 6.93. The van der Waals surface area contributed by atoms with Gasteiger partial charge in [-0.3, -0.25) is 4.68 Å². The molecule has 3 aromatic rings. The molecular weight excluding hydrogens is 371 g/mol. The fourth-order valence-electron chi connectivity index (χ4n) is 3.43. The molecule has 0 saturated carbocycles. The Labute approximate surface area is 167 Å². The van der Waals surface area contributed by atoms with E-state index in [1.807, 2.05) is 23.1 Å². The first-order valence-electron chi connectivity index (χ1n) is 9.46. The topological polar surface area (TPSA) is 119 Å². The molecule has 6 N–H and O–H groups in total. The summed E-state index contributed by atoms with van der Waals surface area (Å²) in [5.41, 5.74) is 11.3. The second kappa shape index (κ2) is 8.38. The van der Waals surface area contributed by atoms with Crippen LogP contribution in [0.5, 0.6) is 0 Å². The summed E-state index contributed by atoms with van der Waals surface area (Å²) in [4.78, 5) is 8.66. The number of hydrazine groups is 1. The summed E-state index contributed by atoms with van der Waals surface area (Å²) >= 11 is 0. The molecule has 150 valence electrons. The monoisotopic (exact) mass is 394 g/mol. The third kappa shape index (κ3) is 4.25. The normalized spacial score (nSPS) is 15.4. The second-order valence-corrected chi connectivity index (χ2v) is 6.93. The lowest BCUT2D eigenvalue weighted by Crippen LogP contribution is -2.31. The number of benzene rings is 1. The maximum atomic E-state index is 13.5. The van der Waals surface area contributed by atoms with E-state index in [4.69, 9.17) is 11.6 Å². The van der Waals surface area contributed by atoms with Gasteiger partial charge in [-0.05, 0) is 50.2 Å². The lowest BCUT2D eigenvalue weighted by molar-refractivity contribution is 0.343. The number of anilines is 1. The van der Waals surface area contributed by atoms with E-state index in [1.165, 1.54) is 12.1 Å². The minimum Gasteiger partial charge on any atom is -0.383 e. The summed E-state index contributed by atoms with van der Waals surface area (Å²) in [5.74, 6) is 5.86. The molecule has 0 unspecified atom stereocenters. The zero-order chi connectivity index (χ0) is 20.2. The van der Waals surface area contributed by atoms with Crippen molar-refractivity contribution in [2.24, 2.45) is 10.8 Å². The van der Waals surface area contributed by atoms with E-state index >= 15 is 0 Å². The molecule has 2 aromatic heterocycles. The molecule has 1 saturated heterocycles. The van der Waals surface area contributed by atoms with Crippen LogP contribution in [-0.4, -0.2) is 33.7 Å². The van der Waals surface area contributed by atoms with Gasteiger partial charge < -0.3 is 16.5 Å². The molecule has 1 aliphatic rings. The maximum Gasteiger partial charge on any atom is 0.151 e. The van der Waals surface area contributed by atoms with Crippen molar-refractivity contribution in [2.45, 2.75) is 18.9 Å². The largest absolute Gasteiger partial charge is 0.383 e. The lowest BCUT2D eigenvalue weighted by Gasteiger charge is -2.22. The molecular formula is C20H23FN8. The summed E-state index contributed by atoms with van der Waals surface area (Å²) < 4.78 is 15.5. The number of halogens is 1. The first kappa shape index (κ1) is 19.0. The summed E-state index contributed by atoms with van der Waals surface area (Å²) in [6.45, 7) is 1.99. The Bertz CT molecular complexity index is 1020. The van der Waals surface area contributed by atoms with E-state index in [0.29, 0.717) is 23.1 Å². The van der Waals surface area contributed by atoms with E-state index in [-0.39, 0.29) is 11.6 Å². The van der Waals surface area contributed by atoms with Crippen LogP contribution in [0.4, 0.5) is 15.9 Å². The summed E-state index contributed by atoms with van der Waals surface area (Å²) in [6, 6.07) is 8.16. The number of aromatic nitrogens is 3. The van der Waals surface area contributed by atoms with E-state index in [0.717, 1.165) is 37.1 Å². The Balaban J connectivity index is 1.66. The van der Waals surface area contributed by atoms with Crippen LogP contribution in [-0.2, 0) is 0 Å². The Morgan fingerprint density at radius 3 is 2.79 bits per heavy atom. The number of nitrogens with zero attached hydrogens (tertiary/aromatic N) is 4. The fraction of sp³-hybridized carbons (Fsp3) is 0.250. The molecule has 0 amide bonds. The Morgan fingerprint density at radius 2 is 2.03 bits per heavy atom. The van der Waals surface area contributed by atoms with Gasteiger partial charge in [0.05, 0.1) is 23.5 Å². The highest BCUT2D eigenvalue weighted by Gasteiger charge is 2.17. The van der Waals surface area contributed by atoms with Gasteiger partial charge in [-0.2, -0.15) is 5.10 Å². The van der Waals surface area contributed by atoms with Crippen molar-refractivity contribution in [2.75, 3.05) is 18.8 Å². The van der Waals surface area contributed by atoms with Gasteiger partial charge in [-0.1, -0.05) is 6.07 Å². The highest BCUT2D eigenvalue weighted by molar-refractivity contribution is 6.04. The minimum absolute atomic E-state index is 0.271. The Hall–Kier alpha value is -3.30. The lowest BCUT2D eigenvalue weighted by atomic mass is 10.1. The first-order valence-corrected chi connectivity index (χ1v) is 9.46. The number of hydrogen-bond acceptors (Lipinski definition) is 6. The predicted octanol–water partition coefficient (Wildman–Crippen LogP) is 2.13. The van der Waals surface area contributed by atoms with E-state index < -0.39 is 0 Å². The SMILES string of the molecule is NNC(=Nc1cccc(F)c1)c1cc(-c2cnn(C3CCNCC3)c2)cnc1N. The number of piperidine rings is 1. The average molecular weight is 394 g/mol. The summed E-state index contributed by atoms with van der Waals surface area (Å²) in [7, 11) is 0. The number of nitrogen functional groups attached to an aromatic ring is 1. The van der Waals surface area contributed by atoms with Gasteiger partial charge in [-0.15, -0.1) is 0 Å². The third-order valence-corrected chi connectivity index (χ3v) is 4.98. The summed E-state index contributed by atoms with van der Waals surface area (Å²) in [5, 5.41) is 7.89. The van der Waals surface area contributed by atoms with Gasteiger partial charge >= 0.3 is 0 Å². The van der Waals surface area contributed by atoms with Crippen LogP contribution in [0.15, 0.2) is 53.9 Å². The van der Waals surface area contributed by atoms with Crippen LogP contribution in [0.25, 0.3) is 11.1 Å². The molecule has 4 rings (SSSR count). The van der Waals surface area contributed by atoms with Crippen LogP contribution in [0.1, 0.15) is 24.4 Å². The van der Waals surface area contributed by atoms with Crippen LogP contribution >= 0.6 is 0 Å². The molecule has 29 heavy (non-hydrogen) atoms. The smallest absolute Gasteiger partial charge is 0.151 e. The third-order valence-electron chi connectivity index (χ3n) is 4.98. The molecule has 8 nitrogen and oxygen atoms in total. The standard InChI is InChI=1S/C20H23FN8/c21-15-2-1-3-16(9-15)27-20(28-23)18-8-13(10-25-19(18)22)14-11-26-29(12-14)17-4-6-24-7-5-17/h1-3,8-12,17,24H,4-7,23H2,(H2,22,25)(H,27,28). The van der Waals surface area contributed by atoms with Crippen LogP contribution in [0, 0.1) is 5.82 Å². The molecule has 9 heteroatoms. The average Bonchev–Trinajstić information content (AvgIpc) is 3.24. The van der Waals surface area contributed by atoms with Crippen molar-refractivity contribution in [3.05, 3.63) is 60.3 Å². The molecule has 1 fully saturated rings. The molecule has 1 aromatic carbocycles. The highest BCUT2D eigenvalue weighted by Crippen LogP contribution is 2.26. The minimum atomic E-state index is -0.382. The number of nitrogens with two attached hydrogens (primary N) is 2. The van der Waals surface area contributed by atoms with Crippen LogP contribution in [0.2, 0.25) is 0 Å². The van der Waals surface area contributed by atoms with Crippen molar-refractivity contribution in [1.29, 1.82) is 0 Å². The number of amidine groups is 1. The number of rotatable bonds is 4. The van der Waals surface area contributed by atoms with Gasteiger partial charge in [0, 0.05) is 23.5 Å². The van der Waals surface area contributed by atoms with Gasteiger partial charge in [0.15, 0.2) is 5.84 Å². The van der Waals surface area contributed by atoms with Gasteiger partial charge in [0.1, 0.15) is 11.6 Å². The van der Waals surface area contributed by atoms with E-state index in [9.17, 15) is 4.39 Å². The van der Waals surface area contributed by atoms with Gasteiger partial charge in [0.25, 0.3) is 0 Å². The maximum absolute atomic E-state index is 13.5. The van der Waals surface area contributed by atoms with Crippen molar-refractivity contribution in [3.63, 3.8) is 0 Å². The zero-order valence-corrected chi connectivity index (χ0v) is 15.8. The quantitative estimate of drug-likeness (QED) is 0.233. The Kier molecular flexibility index (Phi) is 5.50. The molecule has 3 heterocycles. The van der Waals surface area contributed by atoms with Crippen molar-refractivity contribution < 1.29 is 4.39 Å². The van der Waals surface area contributed by atoms with E-state index in [1.54, 1.807) is 18.3 Å². The van der Waals surface area contributed by atoms with Crippen LogP contribution in [0.3, 0.4) is 0 Å². The van der Waals surface area contributed by atoms with Gasteiger partial charge in [-0.25, -0.2) is 20.2 Å². The Morgan fingerprint density at radius 1 is 1.21 bits per heavy atom. The molecule has 0 radical (unpaired) electrons. The highest BCUT2D eigenvalue weighted by atomic mass is 19.1. The molecule has 0 spiro atoms. The number of hydrogen-bond donors (Lipinski definition) is 4. The molecule has 1 aliphatic heterocycles. The predicted molar refractivity (Wildman–Crippen MR) is 111 cm³/mol. The fourth-order valence-corrected chi connectivity index (χ4v) is 3.43. The van der Waals surface area contributed by atoms with Gasteiger partial charge in [0.2, 0.25) is 0 Å². The van der Waals surface area contributed by atoms with Crippen molar-refractivity contribution >= 4 is 17.3 Å². The van der Waals surface area contributed by atoms with Crippen LogP contribution < -0.4 is 22.3 Å². The van der Waals surface area contributed by atoms with Crippen molar-refractivity contribution in [1.82, 2.24) is 25.5 Å².